The Labute approximate surface area is 176 Å². The predicted molar refractivity (Wildman–Crippen MR) is 117 cm³/mol. The van der Waals surface area contributed by atoms with Crippen LogP contribution in [-0.2, 0) is 4.79 Å². The quantitative estimate of drug-likeness (QED) is 0.508. The van der Waals surface area contributed by atoms with Crippen LogP contribution in [0.4, 0.5) is 5.69 Å². The fourth-order valence-electron chi connectivity index (χ4n) is 3.32. The molecule has 9 heteroatoms. The minimum Gasteiger partial charge on any atom is -0.497 e. The number of methoxy groups -OCH3 is 2. The van der Waals surface area contributed by atoms with Crippen molar-refractivity contribution in [3.8, 4) is 11.5 Å². The van der Waals surface area contributed by atoms with Crippen LogP contribution in [0.5, 0.6) is 11.5 Å². The number of benzene rings is 1. The van der Waals surface area contributed by atoms with Crippen molar-refractivity contribution in [2.75, 3.05) is 19.5 Å². The minimum atomic E-state index is -0.718. The number of hydrogen-bond acceptors (Lipinski definition) is 7. The number of anilines is 1. The molecule has 4 rings (SSSR count). The highest BCUT2D eigenvalue weighted by Gasteiger charge is 2.23. The summed E-state index contributed by atoms with van der Waals surface area (Å²) in [4.78, 5) is 35.7. The number of thiophene rings is 1. The number of hydrogen-bond donors (Lipinski definition) is 1. The number of carbonyl (C=O) groups is 1. The van der Waals surface area contributed by atoms with Crippen LogP contribution in [0, 0.1) is 0 Å². The van der Waals surface area contributed by atoms with E-state index in [1.807, 2.05) is 19.1 Å². The summed E-state index contributed by atoms with van der Waals surface area (Å²) in [5.41, 5.74) is 0.869. The average molecular weight is 424 g/mol. The molecular formula is C21H20N4O4S. The van der Waals surface area contributed by atoms with E-state index in [1.165, 1.54) is 36.5 Å². The Balaban J connectivity index is 1.71. The molecule has 0 aliphatic heterocycles. The lowest BCUT2D eigenvalue weighted by Gasteiger charge is -2.18. The molecule has 3 heterocycles. The van der Waals surface area contributed by atoms with Crippen LogP contribution < -0.4 is 20.3 Å². The number of nitrogens with zero attached hydrogens (tertiary/aromatic N) is 3. The zero-order valence-electron chi connectivity index (χ0n) is 16.7. The molecule has 0 saturated carbocycles. The van der Waals surface area contributed by atoms with E-state index in [4.69, 9.17) is 9.47 Å². The Hall–Kier alpha value is -3.46. The van der Waals surface area contributed by atoms with Gasteiger partial charge in [0.2, 0.25) is 5.91 Å². The Kier molecular flexibility index (Phi) is 5.37. The second kappa shape index (κ2) is 8.11. The second-order valence-electron chi connectivity index (χ2n) is 6.61. The van der Waals surface area contributed by atoms with Crippen LogP contribution in [0.3, 0.4) is 0 Å². The average Bonchev–Trinajstić information content (AvgIpc) is 3.15. The number of amides is 1. The maximum atomic E-state index is 13.1. The van der Waals surface area contributed by atoms with Crippen molar-refractivity contribution < 1.29 is 14.3 Å². The monoisotopic (exact) mass is 424 g/mol. The Bertz CT molecular complexity index is 1280. The highest BCUT2D eigenvalue weighted by Crippen LogP contribution is 2.29. The number of aromatic nitrogens is 3. The van der Waals surface area contributed by atoms with E-state index in [0.29, 0.717) is 33.8 Å². The Morgan fingerprint density at radius 3 is 2.60 bits per heavy atom. The molecule has 0 saturated heterocycles. The highest BCUT2D eigenvalue weighted by molar-refractivity contribution is 7.25. The van der Waals surface area contributed by atoms with E-state index in [0.717, 1.165) is 10.2 Å². The lowest BCUT2D eigenvalue weighted by atomic mass is 10.2. The number of ether oxygens (including phenoxy) is 2. The van der Waals surface area contributed by atoms with Gasteiger partial charge in [-0.15, -0.1) is 11.3 Å². The van der Waals surface area contributed by atoms with Gasteiger partial charge in [-0.1, -0.05) is 6.92 Å². The first-order valence-corrected chi connectivity index (χ1v) is 10.2. The summed E-state index contributed by atoms with van der Waals surface area (Å²) in [5.74, 6) is 0.779. The molecule has 30 heavy (non-hydrogen) atoms. The summed E-state index contributed by atoms with van der Waals surface area (Å²) >= 11 is 1.28. The van der Waals surface area contributed by atoms with Crippen molar-refractivity contribution in [1.82, 2.24) is 14.5 Å². The summed E-state index contributed by atoms with van der Waals surface area (Å²) < 4.78 is 12.4. The molecular weight excluding hydrogens is 404 g/mol. The molecule has 1 aromatic carbocycles. The highest BCUT2D eigenvalue weighted by atomic mass is 32.1. The third kappa shape index (κ3) is 3.48. The van der Waals surface area contributed by atoms with E-state index in [-0.39, 0.29) is 11.5 Å². The molecule has 0 aliphatic carbocycles. The van der Waals surface area contributed by atoms with E-state index in [1.54, 1.807) is 24.4 Å². The van der Waals surface area contributed by atoms with E-state index >= 15 is 0 Å². The number of pyridine rings is 1. The van der Waals surface area contributed by atoms with Gasteiger partial charge >= 0.3 is 0 Å². The maximum Gasteiger partial charge on any atom is 0.272 e. The Morgan fingerprint density at radius 1 is 1.20 bits per heavy atom. The Morgan fingerprint density at radius 2 is 1.93 bits per heavy atom. The molecule has 0 fully saturated rings. The lowest BCUT2D eigenvalue weighted by Crippen LogP contribution is -2.33. The van der Waals surface area contributed by atoms with Gasteiger partial charge in [0, 0.05) is 35.5 Å². The third-order valence-corrected chi connectivity index (χ3v) is 5.91. The van der Waals surface area contributed by atoms with Gasteiger partial charge < -0.3 is 14.8 Å². The van der Waals surface area contributed by atoms with Gasteiger partial charge in [-0.2, -0.15) is 0 Å². The molecule has 4 aromatic rings. The molecule has 8 nitrogen and oxygen atoms in total. The summed E-state index contributed by atoms with van der Waals surface area (Å²) in [7, 11) is 3.07. The molecule has 1 N–H and O–H groups in total. The van der Waals surface area contributed by atoms with Crippen molar-refractivity contribution in [2.24, 2.45) is 0 Å². The summed E-state index contributed by atoms with van der Waals surface area (Å²) in [5, 5.41) is 3.68. The van der Waals surface area contributed by atoms with Crippen LogP contribution in [0.1, 0.15) is 19.4 Å². The SMILES string of the molecule is CC[C@H](C(=O)Nc1cc(OC)cc(OC)c1)n1cnc2c(sc3ncccc32)c1=O. The third-order valence-electron chi connectivity index (χ3n) is 4.82. The second-order valence-corrected chi connectivity index (χ2v) is 7.61. The fraction of sp³-hybridized carbons (Fsp3) is 0.238. The molecule has 1 amide bonds. The number of rotatable bonds is 6. The van der Waals surface area contributed by atoms with Crippen LogP contribution in [0.25, 0.3) is 20.4 Å². The molecule has 0 aliphatic rings. The number of carbonyl (C=O) groups excluding carboxylic acids is 1. The van der Waals surface area contributed by atoms with Gasteiger partial charge in [-0.25, -0.2) is 9.97 Å². The standard InChI is InChI=1S/C21H20N4O4S/c1-4-16(19(26)24-12-8-13(28-2)10-14(9-12)29-3)25-11-23-17-15-6-5-7-22-20(15)30-18(17)21(25)27/h5-11,16H,4H2,1-3H3,(H,24,26)/t16-/m1/s1. The van der Waals surface area contributed by atoms with Crippen molar-refractivity contribution in [3.05, 3.63) is 53.2 Å². The van der Waals surface area contributed by atoms with E-state index < -0.39 is 6.04 Å². The molecule has 0 bridgehead atoms. The van der Waals surface area contributed by atoms with Crippen molar-refractivity contribution in [3.63, 3.8) is 0 Å². The van der Waals surface area contributed by atoms with Gasteiger partial charge in [-0.3, -0.25) is 14.2 Å². The number of nitrogens with one attached hydrogen (secondary N) is 1. The summed E-state index contributed by atoms with van der Waals surface area (Å²) in [6.07, 6.45) is 3.54. The maximum absolute atomic E-state index is 13.1. The zero-order chi connectivity index (χ0) is 21.3. The molecule has 0 unspecified atom stereocenters. The smallest absolute Gasteiger partial charge is 0.272 e. The van der Waals surface area contributed by atoms with Gasteiger partial charge in [0.15, 0.2) is 0 Å². The summed E-state index contributed by atoms with van der Waals surface area (Å²) in [6.45, 7) is 1.85. The van der Waals surface area contributed by atoms with Gasteiger partial charge in [0.05, 0.1) is 26.1 Å². The molecule has 1 atom stereocenters. The first kappa shape index (κ1) is 19.8. The first-order chi connectivity index (χ1) is 14.5. The van der Waals surface area contributed by atoms with Gasteiger partial charge in [-0.05, 0) is 18.6 Å². The van der Waals surface area contributed by atoms with Crippen LogP contribution in [0.15, 0.2) is 47.7 Å². The van der Waals surface area contributed by atoms with Crippen LogP contribution in [0.2, 0.25) is 0 Å². The molecule has 0 radical (unpaired) electrons. The van der Waals surface area contributed by atoms with Crippen LogP contribution >= 0.6 is 11.3 Å². The molecule has 3 aromatic heterocycles. The topological polar surface area (TPSA) is 95.3 Å². The molecule has 154 valence electrons. The fourth-order valence-corrected chi connectivity index (χ4v) is 4.35. The van der Waals surface area contributed by atoms with Crippen molar-refractivity contribution in [1.29, 1.82) is 0 Å². The van der Waals surface area contributed by atoms with Gasteiger partial charge in [0.25, 0.3) is 5.56 Å². The largest absolute Gasteiger partial charge is 0.497 e. The van der Waals surface area contributed by atoms with E-state index in [9.17, 15) is 9.59 Å². The minimum absolute atomic E-state index is 0.256. The van der Waals surface area contributed by atoms with Gasteiger partial charge in [0.1, 0.15) is 27.1 Å². The van der Waals surface area contributed by atoms with E-state index in [2.05, 4.69) is 15.3 Å². The van der Waals surface area contributed by atoms with Crippen LogP contribution in [-0.4, -0.2) is 34.7 Å². The summed E-state index contributed by atoms with van der Waals surface area (Å²) in [6, 6.07) is 8.07. The van der Waals surface area contributed by atoms with Crippen molar-refractivity contribution in [2.45, 2.75) is 19.4 Å². The lowest BCUT2D eigenvalue weighted by molar-refractivity contribution is -0.119. The van der Waals surface area contributed by atoms with Crippen molar-refractivity contribution >= 4 is 43.4 Å². The zero-order valence-corrected chi connectivity index (χ0v) is 17.5. The first-order valence-electron chi connectivity index (χ1n) is 9.34. The number of fused-ring (bicyclic) bond motifs is 3. The predicted octanol–water partition coefficient (Wildman–Crippen LogP) is 3.61. The normalized spacial score (nSPS) is 12.1. The molecule has 0 spiro atoms.